The molecule has 1 N–H and O–H groups in total. The fourth-order valence-corrected chi connectivity index (χ4v) is 0.970. The Morgan fingerprint density at radius 2 is 2.00 bits per heavy atom. The van der Waals surface area contributed by atoms with Crippen molar-refractivity contribution < 1.29 is 9.90 Å². The predicted molar refractivity (Wildman–Crippen MR) is 55.5 cm³/mol. The molecule has 0 atom stereocenters. The van der Waals surface area contributed by atoms with Gasteiger partial charge < -0.3 is 5.11 Å². The number of carbonyl (C=O) groups excluding carboxylic acids is 1. The van der Waals surface area contributed by atoms with Gasteiger partial charge >= 0.3 is 0 Å². The number of benzene rings is 1. The van der Waals surface area contributed by atoms with Crippen LogP contribution in [-0.2, 0) is 4.79 Å². The van der Waals surface area contributed by atoms with Gasteiger partial charge in [-0.3, -0.25) is 4.79 Å². The van der Waals surface area contributed by atoms with Crippen LogP contribution in [0.4, 0.5) is 0 Å². The molecule has 70 valence electrons. The van der Waals surface area contributed by atoms with E-state index in [4.69, 9.17) is 5.11 Å². The van der Waals surface area contributed by atoms with Gasteiger partial charge in [-0.1, -0.05) is 30.0 Å². The van der Waals surface area contributed by atoms with Crippen LogP contribution in [0.1, 0.15) is 11.1 Å². The minimum atomic E-state index is -0.132. The highest BCUT2D eigenvalue weighted by Gasteiger charge is 1.87. The molecule has 0 aliphatic carbocycles. The zero-order valence-corrected chi connectivity index (χ0v) is 7.60. The van der Waals surface area contributed by atoms with Crippen molar-refractivity contribution in [1.82, 2.24) is 0 Å². The lowest BCUT2D eigenvalue weighted by Crippen LogP contribution is -1.77. The lowest BCUT2D eigenvalue weighted by Gasteiger charge is -1.92. The predicted octanol–water partition coefficient (Wildman–Crippen LogP) is 1.24. The second-order valence-electron chi connectivity index (χ2n) is 2.58. The molecule has 0 saturated heterocycles. The lowest BCUT2D eigenvalue weighted by molar-refractivity contribution is -0.104. The SMILES string of the molecule is O=C/C=C/c1ccc(C#CCO)cc1. The van der Waals surface area contributed by atoms with E-state index < -0.39 is 0 Å². The highest BCUT2D eigenvalue weighted by Crippen LogP contribution is 2.04. The Kier molecular flexibility index (Phi) is 4.19. The average Bonchev–Trinajstić information content (AvgIpc) is 2.25. The maximum atomic E-state index is 10.0. The largest absolute Gasteiger partial charge is 0.384 e. The van der Waals surface area contributed by atoms with E-state index in [9.17, 15) is 4.79 Å². The number of aldehydes is 1. The Morgan fingerprint density at radius 3 is 2.57 bits per heavy atom. The third-order valence-corrected chi connectivity index (χ3v) is 1.59. The normalized spacial score (nSPS) is 9.50. The number of rotatable bonds is 2. The molecule has 1 rings (SSSR count). The van der Waals surface area contributed by atoms with E-state index >= 15 is 0 Å². The first-order chi connectivity index (χ1) is 6.86. The van der Waals surface area contributed by atoms with Crippen LogP contribution < -0.4 is 0 Å². The van der Waals surface area contributed by atoms with Crippen molar-refractivity contribution in [2.24, 2.45) is 0 Å². The van der Waals surface area contributed by atoms with E-state index in [1.54, 1.807) is 6.08 Å². The molecule has 1 aromatic carbocycles. The highest BCUT2D eigenvalue weighted by molar-refractivity contribution is 5.73. The van der Waals surface area contributed by atoms with Gasteiger partial charge in [-0.25, -0.2) is 0 Å². The standard InChI is InChI=1S/C12H10O2/c13-9-1-3-11-5-7-12(8-6-11)4-2-10-14/h1,3,5-9,14H,10H2/b3-1+. The highest BCUT2D eigenvalue weighted by atomic mass is 16.2. The Labute approximate surface area is 82.9 Å². The summed E-state index contributed by atoms with van der Waals surface area (Å²) in [5, 5.41) is 8.47. The van der Waals surface area contributed by atoms with Crippen LogP contribution in [0.3, 0.4) is 0 Å². The van der Waals surface area contributed by atoms with Gasteiger partial charge in [0.25, 0.3) is 0 Å². The fraction of sp³-hybridized carbons (Fsp3) is 0.0833. The molecule has 1 aromatic rings. The lowest BCUT2D eigenvalue weighted by atomic mass is 10.1. The molecule has 0 aliphatic rings. The van der Waals surface area contributed by atoms with Gasteiger partial charge in [0.1, 0.15) is 12.9 Å². The molecular weight excluding hydrogens is 176 g/mol. The van der Waals surface area contributed by atoms with Crippen LogP contribution in [0.25, 0.3) is 6.08 Å². The molecule has 0 radical (unpaired) electrons. The van der Waals surface area contributed by atoms with Crippen molar-refractivity contribution in [2.75, 3.05) is 6.61 Å². The topological polar surface area (TPSA) is 37.3 Å². The summed E-state index contributed by atoms with van der Waals surface area (Å²) >= 11 is 0. The number of aliphatic hydroxyl groups is 1. The van der Waals surface area contributed by atoms with Gasteiger partial charge in [0.05, 0.1) is 0 Å². The van der Waals surface area contributed by atoms with E-state index in [1.807, 2.05) is 24.3 Å². The maximum Gasteiger partial charge on any atom is 0.142 e. The monoisotopic (exact) mass is 186 g/mol. The Bertz CT molecular complexity index is 377. The Morgan fingerprint density at radius 1 is 1.29 bits per heavy atom. The molecule has 0 spiro atoms. The van der Waals surface area contributed by atoms with Gasteiger partial charge in [-0.15, -0.1) is 0 Å². The molecule has 0 unspecified atom stereocenters. The first-order valence-electron chi connectivity index (χ1n) is 4.18. The fourth-order valence-electron chi connectivity index (χ4n) is 0.970. The van der Waals surface area contributed by atoms with Gasteiger partial charge in [0, 0.05) is 5.56 Å². The van der Waals surface area contributed by atoms with Crippen molar-refractivity contribution in [3.63, 3.8) is 0 Å². The summed E-state index contributed by atoms with van der Waals surface area (Å²) in [7, 11) is 0. The van der Waals surface area contributed by atoms with Gasteiger partial charge in [-0.05, 0) is 23.8 Å². The molecule has 2 heteroatoms. The van der Waals surface area contributed by atoms with Crippen LogP contribution in [0.2, 0.25) is 0 Å². The van der Waals surface area contributed by atoms with Gasteiger partial charge in [0.2, 0.25) is 0 Å². The number of hydrogen-bond donors (Lipinski definition) is 1. The molecule has 0 heterocycles. The molecule has 2 nitrogen and oxygen atoms in total. The number of aliphatic hydroxyl groups excluding tert-OH is 1. The Hall–Kier alpha value is -1.85. The third-order valence-electron chi connectivity index (χ3n) is 1.59. The molecule has 0 aliphatic heterocycles. The van der Waals surface area contributed by atoms with Crippen LogP contribution >= 0.6 is 0 Å². The van der Waals surface area contributed by atoms with E-state index in [2.05, 4.69) is 11.8 Å². The first-order valence-corrected chi connectivity index (χ1v) is 4.18. The van der Waals surface area contributed by atoms with E-state index in [0.717, 1.165) is 17.4 Å². The van der Waals surface area contributed by atoms with E-state index in [1.165, 1.54) is 6.08 Å². The summed E-state index contributed by atoms with van der Waals surface area (Å²) in [6, 6.07) is 7.41. The summed E-state index contributed by atoms with van der Waals surface area (Å²) in [4.78, 5) is 10.0. The minimum Gasteiger partial charge on any atom is -0.384 e. The van der Waals surface area contributed by atoms with Crippen molar-refractivity contribution in [2.45, 2.75) is 0 Å². The smallest absolute Gasteiger partial charge is 0.142 e. The summed E-state index contributed by atoms with van der Waals surface area (Å²) < 4.78 is 0. The molecular formula is C12H10O2. The van der Waals surface area contributed by atoms with Crippen LogP contribution in [-0.4, -0.2) is 18.0 Å². The number of allylic oxidation sites excluding steroid dienone is 1. The van der Waals surface area contributed by atoms with Crippen LogP contribution in [0.5, 0.6) is 0 Å². The van der Waals surface area contributed by atoms with Crippen LogP contribution in [0, 0.1) is 11.8 Å². The summed E-state index contributed by atoms with van der Waals surface area (Å²) in [6.45, 7) is -0.132. The zero-order chi connectivity index (χ0) is 10.2. The average molecular weight is 186 g/mol. The van der Waals surface area contributed by atoms with Crippen molar-refractivity contribution >= 4 is 12.4 Å². The third kappa shape index (κ3) is 3.26. The molecule has 0 saturated carbocycles. The van der Waals surface area contributed by atoms with Crippen LogP contribution in [0.15, 0.2) is 30.3 Å². The van der Waals surface area contributed by atoms with Crippen molar-refractivity contribution in [3.05, 3.63) is 41.5 Å². The summed E-state index contributed by atoms with van der Waals surface area (Å²) in [6.07, 6.45) is 3.89. The van der Waals surface area contributed by atoms with Crippen molar-refractivity contribution in [1.29, 1.82) is 0 Å². The maximum absolute atomic E-state index is 10.0. The van der Waals surface area contributed by atoms with Crippen molar-refractivity contribution in [3.8, 4) is 11.8 Å². The summed E-state index contributed by atoms with van der Waals surface area (Å²) in [5.41, 5.74) is 1.80. The zero-order valence-electron chi connectivity index (χ0n) is 7.60. The molecule has 0 fully saturated rings. The number of hydrogen-bond acceptors (Lipinski definition) is 2. The Balaban J connectivity index is 2.78. The number of carbonyl (C=O) groups is 1. The van der Waals surface area contributed by atoms with E-state index in [0.29, 0.717) is 0 Å². The summed E-state index contributed by atoms with van der Waals surface area (Å²) in [5.74, 6) is 5.34. The first kappa shape index (κ1) is 10.2. The van der Waals surface area contributed by atoms with Gasteiger partial charge in [0.15, 0.2) is 0 Å². The second kappa shape index (κ2) is 5.74. The minimum absolute atomic E-state index is 0.132. The molecule has 0 bridgehead atoms. The van der Waals surface area contributed by atoms with Gasteiger partial charge in [-0.2, -0.15) is 0 Å². The second-order valence-corrected chi connectivity index (χ2v) is 2.58. The van der Waals surface area contributed by atoms with E-state index in [-0.39, 0.29) is 6.61 Å². The quantitative estimate of drug-likeness (QED) is 0.428. The molecule has 14 heavy (non-hydrogen) atoms. The molecule has 0 aromatic heterocycles. The molecule has 0 amide bonds.